The fourth-order valence-corrected chi connectivity index (χ4v) is 2.61. The second kappa shape index (κ2) is 6.02. The monoisotopic (exact) mass is 236 g/mol. The summed E-state index contributed by atoms with van der Waals surface area (Å²) in [6.07, 6.45) is 4.58. The second-order valence-corrected chi connectivity index (χ2v) is 5.05. The number of carbonyl (C=O) groups excluding carboxylic acids is 1. The van der Waals surface area contributed by atoms with E-state index in [1.165, 1.54) is 0 Å². The number of hydrogen-bond donors (Lipinski definition) is 0. The zero-order chi connectivity index (χ0) is 12.1. The van der Waals surface area contributed by atoms with Gasteiger partial charge < -0.3 is 9.64 Å². The zero-order valence-corrected chi connectivity index (χ0v) is 10.2. The van der Waals surface area contributed by atoms with Crippen molar-refractivity contribution in [3.8, 4) is 6.07 Å². The van der Waals surface area contributed by atoms with Crippen LogP contribution in [0, 0.1) is 23.2 Å². The van der Waals surface area contributed by atoms with E-state index >= 15 is 0 Å². The SMILES string of the molecule is N#CC1CCC(=O)N(CCC2CCOCC2)C1. The molecule has 4 heteroatoms. The van der Waals surface area contributed by atoms with E-state index in [9.17, 15) is 4.79 Å². The van der Waals surface area contributed by atoms with Gasteiger partial charge in [0.2, 0.25) is 5.91 Å². The van der Waals surface area contributed by atoms with Gasteiger partial charge in [0.05, 0.1) is 12.0 Å². The molecule has 2 rings (SSSR count). The Labute approximate surface area is 103 Å². The van der Waals surface area contributed by atoms with Gasteiger partial charge in [0, 0.05) is 32.7 Å². The lowest BCUT2D eigenvalue weighted by molar-refractivity contribution is -0.134. The van der Waals surface area contributed by atoms with E-state index in [-0.39, 0.29) is 11.8 Å². The third kappa shape index (κ3) is 3.44. The van der Waals surface area contributed by atoms with Gasteiger partial charge in [-0.2, -0.15) is 5.26 Å². The minimum Gasteiger partial charge on any atom is -0.381 e. The lowest BCUT2D eigenvalue weighted by Crippen LogP contribution is -2.40. The molecule has 0 aromatic rings. The molecule has 0 aromatic heterocycles. The number of likely N-dealkylation sites (tertiary alicyclic amines) is 1. The van der Waals surface area contributed by atoms with Crippen LogP contribution in [0.3, 0.4) is 0 Å². The molecule has 2 saturated heterocycles. The highest BCUT2D eigenvalue weighted by atomic mass is 16.5. The first-order valence-electron chi connectivity index (χ1n) is 6.54. The summed E-state index contributed by atoms with van der Waals surface area (Å²) in [5, 5.41) is 8.91. The number of hydrogen-bond acceptors (Lipinski definition) is 3. The molecule has 1 amide bonds. The van der Waals surface area contributed by atoms with Crippen molar-refractivity contribution in [3.05, 3.63) is 0 Å². The van der Waals surface area contributed by atoms with Crippen LogP contribution in [-0.2, 0) is 9.53 Å². The molecule has 0 spiro atoms. The highest BCUT2D eigenvalue weighted by Crippen LogP contribution is 2.22. The largest absolute Gasteiger partial charge is 0.381 e. The van der Waals surface area contributed by atoms with Gasteiger partial charge in [-0.1, -0.05) is 0 Å². The average Bonchev–Trinajstić information content (AvgIpc) is 2.39. The van der Waals surface area contributed by atoms with Crippen molar-refractivity contribution in [1.29, 1.82) is 5.26 Å². The fourth-order valence-electron chi connectivity index (χ4n) is 2.61. The maximum atomic E-state index is 11.7. The minimum absolute atomic E-state index is 0.0439. The molecule has 17 heavy (non-hydrogen) atoms. The molecular weight excluding hydrogens is 216 g/mol. The maximum absolute atomic E-state index is 11.7. The first kappa shape index (κ1) is 12.4. The van der Waals surface area contributed by atoms with Crippen LogP contribution in [0.2, 0.25) is 0 Å². The Kier molecular flexibility index (Phi) is 4.38. The summed E-state index contributed by atoms with van der Waals surface area (Å²) in [6.45, 7) is 3.18. The third-order valence-corrected chi connectivity index (χ3v) is 3.83. The van der Waals surface area contributed by atoms with Crippen molar-refractivity contribution in [1.82, 2.24) is 4.90 Å². The fraction of sp³-hybridized carbons (Fsp3) is 0.846. The van der Waals surface area contributed by atoms with Gasteiger partial charge in [-0.05, 0) is 31.6 Å². The average molecular weight is 236 g/mol. The van der Waals surface area contributed by atoms with Crippen LogP contribution in [0.4, 0.5) is 0 Å². The second-order valence-electron chi connectivity index (χ2n) is 5.05. The molecule has 4 nitrogen and oxygen atoms in total. The molecule has 2 aliphatic heterocycles. The van der Waals surface area contributed by atoms with Crippen molar-refractivity contribution in [2.45, 2.75) is 32.1 Å². The molecule has 0 aromatic carbocycles. The molecule has 2 fully saturated rings. The van der Waals surface area contributed by atoms with Crippen LogP contribution < -0.4 is 0 Å². The quantitative estimate of drug-likeness (QED) is 0.747. The van der Waals surface area contributed by atoms with E-state index in [2.05, 4.69) is 6.07 Å². The van der Waals surface area contributed by atoms with Gasteiger partial charge in [0.1, 0.15) is 0 Å². The van der Waals surface area contributed by atoms with E-state index < -0.39 is 0 Å². The number of amides is 1. The number of piperidine rings is 1. The lowest BCUT2D eigenvalue weighted by atomic mass is 9.94. The van der Waals surface area contributed by atoms with Gasteiger partial charge in [-0.25, -0.2) is 0 Å². The molecule has 0 radical (unpaired) electrons. The van der Waals surface area contributed by atoms with E-state index in [1.807, 2.05) is 4.90 Å². The topological polar surface area (TPSA) is 53.3 Å². The summed E-state index contributed by atoms with van der Waals surface area (Å²) in [6, 6.07) is 2.28. The first-order chi connectivity index (χ1) is 8.29. The summed E-state index contributed by atoms with van der Waals surface area (Å²) < 4.78 is 5.32. The minimum atomic E-state index is 0.0439. The van der Waals surface area contributed by atoms with E-state index in [0.29, 0.717) is 18.9 Å². The number of carbonyl (C=O) groups is 1. The third-order valence-electron chi connectivity index (χ3n) is 3.83. The Morgan fingerprint density at radius 1 is 1.35 bits per heavy atom. The van der Waals surface area contributed by atoms with Gasteiger partial charge in [-0.3, -0.25) is 4.79 Å². The lowest BCUT2D eigenvalue weighted by Gasteiger charge is -2.31. The van der Waals surface area contributed by atoms with Crippen molar-refractivity contribution < 1.29 is 9.53 Å². The maximum Gasteiger partial charge on any atom is 0.222 e. The van der Waals surface area contributed by atoms with Crippen LogP contribution in [0.15, 0.2) is 0 Å². The predicted molar refractivity (Wildman–Crippen MR) is 63.1 cm³/mol. The molecule has 1 unspecified atom stereocenters. The van der Waals surface area contributed by atoms with Gasteiger partial charge >= 0.3 is 0 Å². The number of rotatable bonds is 3. The van der Waals surface area contributed by atoms with Crippen molar-refractivity contribution in [3.63, 3.8) is 0 Å². The molecule has 0 aliphatic carbocycles. The molecule has 94 valence electrons. The van der Waals surface area contributed by atoms with Crippen molar-refractivity contribution >= 4 is 5.91 Å². The van der Waals surface area contributed by atoms with Gasteiger partial charge in [0.25, 0.3) is 0 Å². The summed E-state index contributed by atoms with van der Waals surface area (Å²) in [4.78, 5) is 13.6. The van der Waals surface area contributed by atoms with E-state index in [4.69, 9.17) is 10.00 Å². The van der Waals surface area contributed by atoms with Crippen LogP contribution in [0.5, 0.6) is 0 Å². The van der Waals surface area contributed by atoms with Crippen LogP contribution in [-0.4, -0.2) is 37.1 Å². The van der Waals surface area contributed by atoms with E-state index in [0.717, 1.165) is 45.4 Å². The van der Waals surface area contributed by atoms with Crippen LogP contribution in [0.1, 0.15) is 32.1 Å². The Bertz CT molecular complexity index is 305. The molecule has 0 N–H and O–H groups in total. The zero-order valence-electron chi connectivity index (χ0n) is 10.2. The highest BCUT2D eigenvalue weighted by molar-refractivity contribution is 5.77. The number of nitrogens with zero attached hydrogens (tertiary/aromatic N) is 2. The summed E-state index contributed by atoms with van der Waals surface area (Å²) in [5.74, 6) is 0.963. The Hall–Kier alpha value is -1.08. The van der Waals surface area contributed by atoms with Gasteiger partial charge in [-0.15, -0.1) is 0 Å². The highest BCUT2D eigenvalue weighted by Gasteiger charge is 2.26. The normalized spacial score (nSPS) is 26.9. The standard InChI is InChI=1S/C13H20N2O2/c14-9-12-1-2-13(16)15(10-12)6-3-11-4-7-17-8-5-11/h11-12H,1-8,10H2. The Balaban J connectivity index is 1.76. The Morgan fingerprint density at radius 2 is 2.12 bits per heavy atom. The van der Waals surface area contributed by atoms with Crippen molar-refractivity contribution in [2.75, 3.05) is 26.3 Å². The summed E-state index contributed by atoms with van der Waals surface area (Å²) >= 11 is 0. The van der Waals surface area contributed by atoms with Gasteiger partial charge in [0.15, 0.2) is 0 Å². The number of nitriles is 1. The Morgan fingerprint density at radius 3 is 2.82 bits per heavy atom. The van der Waals surface area contributed by atoms with Crippen LogP contribution in [0.25, 0.3) is 0 Å². The molecule has 0 saturated carbocycles. The van der Waals surface area contributed by atoms with Crippen molar-refractivity contribution in [2.24, 2.45) is 11.8 Å². The van der Waals surface area contributed by atoms with Crippen LogP contribution >= 0.6 is 0 Å². The smallest absolute Gasteiger partial charge is 0.222 e. The molecule has 1 atom stereocenters. The number of ether oxygens (including phenoxy) is 1. The molecule has 2 heterocycles. The first-order valence-corrected chi connectivity index (χ1v) is 6.54. The van der Waals surface area contributed by atoms with E-state index in [1.54, 1.807) is 0 Å². The summed E-state index contributed by atoms with van der Waals surface area (Å²) in [7, 11) is 0. The molecule has 2 aliphatic rings. The summed E-state index contributed by atoms with van der Waals surface area (Å²) in [5.41, 5.74) is 0. The molecular formula is C13H20N2O2. The predicted octanol–water partition coefficient (Wildman–Crippen LogP) is 1.57. The molecule has 0 bridgehead atoms.